The molecule has 5 nitrogen and oxygen atoms in total. The number of rotatable bonds is 7. The number of Topliss-reactive ketones (excluding diaryl/α,β-unsaturated/α-hetero) is 1. The van der Waals surface area contributed by atoms with E-state index in [1.807, 2.05) is 32.2 Å². The third-order valence-electron chi connectivity index (χ3n) is 3.09. The number of ether oxygens (including phenoxy) is 2. The molecule has 21 heavy (non-hydrogen) atoms. The van der Waals surface area contributed by atoms with Crippen molar-refractivity contribution in [3.63, 3.8) is 0 Å². The molecular formula is C16H20N2O3. The average Bonchev–Trinajstić information content (AvgIpc) is 2.94. The Morgan fingerprint density at radius 3 is 2.71 bits per heavy atom. The Labute approximate surface area is 124 Å². The minimum absolute atomic E-state index is 0.0260. The van der Waals surface area contributed by atoms with Crippen LogP contribution in [0.2, 0.25) is 0 Å². The fourth-order valence-electron chi connectivity index (χ4n) is 1.96. The van der Waals surface area contributed by atoms with Gasteiger partial charge in [-0.05, 0) is 39.0 Å². The van der Waals surface area contributed by atoms with Gasteiger partial charge in [-0.15, -0.1) is 0 Å². The number of aryl methyl sites for hydroxylation is 1. The van der Waals surface area contributed by atoms with E-state index in [0.717, 1.165) is 17.9 Å². The molecule has 0 N–H and O–H groups in total. The van der Waals surface area contributed by atoms with Crippen molar-refractivity contribution in [2.24, 2.45) is 0 Å². The van der Waals surface area contributed by atoms with Crippen LogP contribution in [-0.4, -0.2) is 22.2 Å². The van der Waals surface area contributed by atoms with E-state index in [0.29, 0.717) is 24.5 Å². The van der Waals surface area contributed by atoms with Crippen molar-refractivity contribution >= 4 is 5.78 Å². The van der Waals surface area contributed by atoms with Gasteiger partial charge in [0.25, 0.3) is 0 Å². The Balaban J connectivity index is 2.15. The molecule has 112 valence electrons. The van der Waals surface area contributed by atoms with Crippen molar-refractivity contribution < 1.29 is 14.3 Å². The lowest BCUT2D eigenvalue weighted by molar-refractivity contribution is 0.101. The maximum atomic E-state index is 11.5. The summed E-state index contributed by atoms with van der Waals surface area (Å²) in [6.45, 7) is 7.19. The fraction of sp³-hybridized carbons (Fsp3) is 0.375. The van der Waals surface area contributed by atoms with Crippen LogP contribution in [0.5, 0.6) is 11.5 Å². The number of carbonyl (C=O) groups is 1. The summed E-state index contributed by atoms with van der Waals surface area (Å²) >= 11 is 0. The molecule has 0 radical (unpaired) electrons. The number of aromatic nitrogens is 2. The lowest BCUT2D eigenvalue weighted by Crippen LogP contribution is -2.03. The molecule has 2 rings (SSSR count). The first-order chi connectivity index (χ1) is 10.1. The van der Waals surface area contributed by atoms with Gasteiger partial charge in [-0.25, -0.2) is 0 Å². The Kier molecular flexibility index (Phi) is 4.98. The molecule has 1 aromatic carbocycles. The molecular weight excluding hydrogens is 268 g/mol. The van der Waals surface area contributed by atoms with Crippen molar-refractivity contribution in [1.82, 2.24) is 9.78 Å². The maximum Gasteiger partial charge on any atom is 0.159 e. The van der Waals surface area contributed by atoms with Gasteiger partial charge in [0.15, 0.2) is 11.5 Å². The molecule has 0 atom stereocenters. The van der Waals surface area contributed by atoms with Crippen LogP contribution >= 0.6 is 0 Å². The van der Waals surface area contributed by atoms with Gasteiger partial charge in [0.1, 0.15) is 12.4 Å². The first-order valence-electron chi connectivity index (χ1n) is 7.06. The largest absolute Gasteiger partial charge is 0.493 e. The predicted molar refractivity (Wildman–Crippen MR) is 79.8 cm³/mol. The molecule has 0 amide bonds. The molecule has 0 unspecified atom stereocenters. The van der Waals surface area contributed by atoms with E-state index < -0.39 is 0 Å². The van der Waals surface area contributed by atoms with Gasteiger partial charge >= 0.3 is 0 Å². The fourth-order valence-corrected chi connectivity index (χ4v) is 1.96. The van der Waals surface area contributed by atoms with Gasteiger partial charge in [0.05, 0.1) is 19.0 Å². The van der Waals surface area contributed by atoms with Crippen LogP contribution in [0.4, 0.5) is 0 Å². The Morgan fingerprint density at radius 1 is 1.29 bits per heavy atom. The van der Waals surface area contributed by atoms with Crippen molar-refractivity contribution in [1.29, 1.82) is 0 Å². The normalized spacial score (nSPS) is 10.4. The van der Waals surface area contributed by atoms with E-state index in [1.54, 1.807) is 23.9 Å². The van der Waals surface area contributed by atoms with Gasteiger partial charge in [-0.1, -0.05) is 0 Å². The highest BCUT2D eigenvalue weighted by Gasteiger charge is 2.09. The third-order valence-corrected chi connectivity index (χ3v) is 3.09. The molecule has 0 spiro atoms. The SMILES string of the molecule is CCOc1ccc(C(C)=O)cc1COc1cnn(CC)c1. The van der Waals surface area contributed by atoms with Crippen LogP contribution < -0.4 is 9.47 Å². The molecule has 0 saturated heterocycles. The summed E-state index contributed by atoms with van der Waals surface area (Å²) in [6, 6.07) is 5.40. The molecule has 0 saturated carbocycles. The second kappa shape index (κ2) is 6.92. The molecule has 1 aromatic heterocycles. The second-order valence-corrected chi connectivity index (χ2v) is 4.63. The van der Waals surface area contributed by atoms with Gasteiger partial charge in [0, 0.05) is 17.7 Å². The van der Waals surface area contributed by atoms with E-state index in [4.69, 9.17) is 9.47 Å². The molecule has 5 heteroatoms. The number of carbonyl (C=O) groups excluding carboxylic acids is 1. The third kappa shape index (κ3) is 3.84. The highest BCUT2D eigenvalue weighted by atomic mass is 16.5. The molecule has 0 fully saturated rings. The first-order valence-corrected chi connectivity index (χ1v) is 7.06. The van der Waals surface area contributed by atoms with Crippen LogP contribution in [0.15, 0.2) is 30.6 Å². The van der Waals surface area contributed by atoms with Gasteiger partial charge < -0.3 is 9.47 Å². The van der Waals surface area contributed by atoms with Crippen molar-refractivity contribution in [3.05, 3.63) is 41.7 Å². The number of nitrogens with zero attached hydrogens (tertiary/aromatic N) is 2. The van der Waals surface area contributed by atoms with E-state index in [1.165, 1.54) is 0 Å². The molecule has 0 aliphatic heterocycles. The van der Waals surface area contributed by atoms with Crippen LogP contribution in [0, 0.1) is 0 Å². The smallest absolute Gasteiger partial charge is 0.159 e. The lowest BCUT2D eigenvalue weighted by Gasteiger charge is -2.11. The minimum Gasteiger partial charge on any atom is -0.493 e. The van der Waals surface area contributed by atoms with Gasteiger partial charge in [-0.3, -0.25) is 9.48 Å². The monoisotopic (exact) mass is 288 g/mol. The molecule has 0 bridgehead atoms. The van der Waals surface area contributed by atoms with Crippen molar-refractivity contribution in [2.75, 3.05) is 6.61 Å². The number of benzene rings is 1. The Hall–Kier alpha value is -2.30. The average molecular weight is 288 g/mol. The predicted octanol–water partition coefficient (Wildman–Crippen LogP) is 3.08. The zero-order valence-electron chi connectivity index (χ0n) is 12.6. The van der Waals surface area contributed by atoms with Crippen LogP contribution in [0.1, 0.15) is 36.7 Å². The number of ketones is 1. The summed E-state index contributed by atoms with van der Waals surface area (Å²) in [5.74, 6) is 1.47. The summed E-state index contributed by atoms with van der Waals surface area (Å²) in [5, 5.41) is 4.16. The summed E-state index contributed by atoms with van der Waals surface area (Å²) in [5.41, 5.74) is 1.51. The highest BCUT2D eigenvalue weighted by molar-refractivity contribution is 5.94. The van der Waals surface area contributed by atoms with E-state index in [-0.39, 0.29) is 5.78 Å². The summed E-state index contributed by atoms with van der Waals surface area (Å²) in [6.07, 6.45) is 3.52. The summed E-state index contributed by atoms with van der Waals surface area (Å²) in [7, 11) is 0. The van der Waals surface area contributed by atoms with Crippen molar-refractivity contribution in [2.45, 2.75) is 33.9 Å². The molecule has 0 aliphatic carbocycles. The molecule has 2 aromatic rings. The Morgan fingerprint density at radius 2 is 2.10 bits per heavy atom. The standard InChI is InChI=1S/C16H20N2O3/c1-4-18-10-15(9-17-18)21-11-14-8-13(12(3)19)6-7-16(14)20-5-2/h6-10H,4-5,11H2,1-3H3. The van der Waals surface area contributed by atoms with Gasteiger partial charge in [-0.2, -0.15) is 5.10 Å². The van der Waals surface area contributed by atoms with E-state index in [2.05, 4.69) is 5.10 Å². The highest BCUT2D eigenvalue weighted by Crippen LogP contribution is 2.23. The number of hydrogen-bond acceptors (Lipinski definition) is 4. The minimum atomic E-state index is 0.0260. The van der Waals surface area contributed by atoms with Gasteiger partial charge in [0.2, 0.25) is 0 Å². The quantitative estimate of drug-likeness (QED) is 0.735. The Bertz CT molecular complexity index is 620. The molecule has 0 aliphatic rings. The van der Waals surface area contributed by atoms with E-state index >= 15 is 0 Å². The molecule has 1 heterocycles. The van der Waals surface area contributed by atoms with Crippen molar-refractivity contribution in [3.8, 4) is 11.5 Å². The van der Waals surface area contributed by atoms with Crippen LogP contribution in [0.3, 0.4) is 0 Å². The zero-order valence-corrected chi connectivity index (χ0v) is 12.6. The van der Waals surface area contributed by atoms with E-state index in [9.17, 15) is 4.79 Å². The summed E-state index contributed by atoms with van der Waals surface area (Å²) < 4.78 is 13.1. The maximum absolute atomic E-state index is 11.5. The lowest BCUT2D eigenvalue weighted by atomic mass is 10.1. The first kappa shape index (κ1) is 15.1. The number of hydrogen-bond donors (Lipinski definition) is 0. The topological polar surface area (TPSA) is 53.4 Å². The zero-order chi connectivity index (χ0) is 15.2. The van der Waals surface area contributed by atoms with Crippen LogP contribution in [0.25, 0.3) is 0 Å². The summed E-state index contributed by atoms with van der Waals surface area (Å²) in [4.78, 5) is 11.5. The van der Waals surface area contributed by atoms with Crippen LogP contribution in [-0.2, 0) is 13.2 Å². The second-order valence-electron chi connectivity index (χ2n) is 4.63.